The summed E-state index contributed by atoms with van der Waals surface area (Å²) in [5, 5.41) is 21.6. The van der Waals surface area contributed by atoms with Crippen LogP contribution in [0.1, 0.15) is 24.9 Å². The van der Waals surface area contributed by atoms with E-state index < -0.39 is 18.6 Å². The first-order valence-corrected chi connectivity index (χ1v) is 5.12. The minimum absolute atomic E-state index is 0.142. The standard InChI is InChI=1S/C11H14F3NO2/c1-7(15-6-5-11(12,13)14)10-8(16)3-2-4-9(10)17/h2-4,7,15-17H,5-6H2,1H3. The molecule has 0 bridgehead atoms. The smallest absolute Gasteiger partial charge is 0.390 e. The Morgan fingerprint density at radius 3 is 2.24 bits per heavy atom. The van der Waals surface area contributed by atoms with Gasteiger partial charge in [0, 0.05) is 12.6 Å². The molecule has 0 aromatic heterocycles. The molecule has 17 heavy (non-hydrogen) atoms. The van der Waals surface area contributed by atoms with Crippen molar-refractivity contribution in [1.29, 1.82) is 0 Å². The number of benzene rings is 1. The molecule has 0 aliphatic rings. The van der Waals surface area contributed by atoms with Crippen molar-refractivity contribution in [3.05, 3.63) is 23.8 Å². The topological polar surface area (TPSA) is 52.5 Å². The lowest BCUT2D eigenvalue weighted by molar-refractivity contribution is -0.133. The quantitative estimate of drug-likeness (QED) is 0.769. The van der Waals surface area contributed by atoms with Gasteiger partial charge in [-0.15, -0.1) is 0 Å². The van der Waals surface area contributed by atoms with Gasteiger partial charge in [-0.05, 0) is 19.1 Å². The number of phenolic OH excluding ortho intramolecular Hbond substituents is 2. The van der Waals surface area contributed by atoms with Crippen molar-refractivity contribution in [2.75, 3.05) is 6.54 Å². The number of nitrogens with one attached hydrogen (secondary N) is 1. The number of aromatic hydroxyl groups is 2. The van der Waals surface area contributed by atoms with Gasteiger partial charge in [0.2, 0.25) is 0 Å². The molecular formula is C11H14F3NO2. The number of alkyl halides is 3. The van der Waals surface area contributed by atoms with Crippen LogP contribution in [0.5, 0.6) is 11.5 Å². The zero-order valence-electron chi connectivity index (χ0n) is 9.25. The second-order valence-electron chi connectivity index (χ2n) is 3.75. The monoisotopic (exact) mass is 249 g/mol. The normalized spacial score (nSPS) is 13.6. The number of hydrogen-bond acceptors (Lipinski definition) is 3. The lowest BCUT2D eigenvalue weighted by Crippen LogP contribution is -2.24. The van der Waals surface area contributed by atoms with Crippen LogP contribution in [0.25, 0.3) is 0 Å². The summed E-state index contributed by atoms with van der Waals surface area (Å²) < 4.78 is 35.8. The fourth-order valence-electron chi connectivity index (χ4n) is 1.52. The molecule has 3 N–H and O–H groups in total. The van der Waals surface area contributed by atoms with Crippen LogP contribution in [0.15, 0.2) is 18.2 Å². The highest BCUT2D eigenvalue weighted by Gasteiger charge is 2.26. The van der Waals surface area contributed by atoms with E-state index in [4.69, 9.17) is 0 Å². The molecule has 1 rings (SSSR count). The van der Waals surface area contributed by atoms with Gasteiger partial charge in [0.15, 0.2) is 0 Å². The van der Waals surface area contributed by atoms with E-state index in [-0.39, 0.29) is 23.6 Å². The largest absolute Gasteiger partial charge is 0.507 e. The summed E-state index contributed by atoms with van der Waals surface area (Å²) in [6.07, 6.45) is -5.17. The molecule has 1 atom stereocenters. The fraction of sp³-hybridized carbons (Fsp3) is 0.455. The second kappa shape index (κ2) is 5.27. The maximum atomic E-state index is 11.9. The van der Waals surface area contributed by atoms with Gasteiger partial charge >= 0.3 is 6.18 Å². The minimum Gasteiger partial charge on any atom is -0.507 e. The summed E-state index contributed by atoms with van der Waals surface area (Å²) in [6.45, 7) is 1.31. The van der Waals surface area contributed by atoms with Crippen molar-refractivity contribution in [3.8, 4) is 11.5 Å². The highest BCUT2D eigenvalue weighted by molar-refractivity contribution is 5.44. The van der Waals surface area contributed by atoms with Crippen molar-refractivity contribution in [1.82, 2.24) is 5.32 Å². The van der Waals surface area contributed by atoms with Crippen molar-refractivity contribution < 1.29 is 23.4 Å². The molecule has 96 valence electrons. The highest BCUT2D eigenvalue weighted by Crippen LogP contribution is 2.32. The molecule has 3 nitrogen and oxygen atoms in total. The van der Waals surface area contributed by atoms with Crippen LogP contribution in [0.4, 0.5) is 13.2 Å². The van der Waals surface area contributed by atoms with Crippen LogP contribution in [-0.2, 0) is 0 Å². The van der Waals surface area contributed by atoms with Crippen LogP contribution < -0.4 is 5.32 Å². The molecule has 6 heteroatoms. The summed E-state index contributed by atoms with van der Waals surface area (Å²) >= 11 is 0. The van der Waals surface area contributed by atoms with Gasteiger partial charge in [0.25, 0.3) is 0 Å². The Hall–Kier alpha value is -1.43. The number of hydrogen-bond donors (Lipinski definition) is 3. The first-order valence-electron chi connectivity index (χ1n) is 5.12. The van der Waals surface area contributed by atoms with Crippen LogP contribution in [0.3, 0.4) is 0 Å². The summed E-state index contributed by atoms with van der Waals surface area (Å²) in [5.41, 5.74) is 0.203. The average molecular weight is 249 g/mol. The molecule has 0 heterocycles. The molecule has 0 aliphatic heterocycles. The third-order valence-corrected chi connectivity index (χ3v) is 2.35. The van der Waals surface area contributed by atoms with Gasteiger partial charge in [0.05, 0.1) is 12.0 Å². The molecular weight excluding hydrogens is 235 g/mol. The Balaban J connectivity index is 2.61. The van der Waals surface area contributed by atoms with Crippen molar-refractivity contribution in [3.63, 3.8) is 0 Å². The predicted molar refractivity (Wildman–Crippen MR) is 56.9 cm³/mol. The summed E-state index contributed by atoms with van der Waals surface area (Å²) in [4.78, 5) is 0. The van der Waals surface area contributed by atoms with E-state index >= 15 is 0 Å². The summed E-state index contributed by atoms with van der Waals surface area (Å²) in [7, 11) is 0. The zero-order valence-corrected chi connectivity index (χ0v) is 9.25. The molecule has 0 saturated carbocycles. The molecule has 0 spiro atoms. The molecule has 0 amide bonds. The minimum atomic E-state index is -4.21. The molecule has 0 fully saturated rings. The lowest BCUT2D eigenvalue weighted by Gasteiger charge is -2.17. The number of phenols is 2. The van der Waals surface area contributed by atoms with Gasteiger partial charge < -0.3 is 15.5 Å². The molecule has 1 aromatic rings. The Morgan fingerprint density at radius 1 is 1.24 bits per heavy atom. The molecule has 1 unspecified atom stereocenters. The van der Waals surface area contributed by atoms with Gasteiger partial charge in [-0.1, -0.05) is 6.07 Å². The van der Waals surface area contributed by atoms with E-state index in [0.29, 0.717) is 0 Å². The van der Waals surface area contributed by atoms with Gasteiger partial charge in [-0.2, -0.15) is 13.2 Å². The lowest BCUT2D eigenvalue weighted by atomic mass is 10.1. The van der Waals surface area contributed by atoms with Crippen LogP contribution in [0.2, 0.25) is 0 Å². The first-order chi connectivity index (χ1) is 7.81. The number of rotatable bonds is 4. The van der Waals surface area contributed by atoms with E-state index in [9.17, 15) is 23.4 Å². The zero-order chi connectivity index (χ0) is 13.1. The first kappa shape index (κ1) is 13.6. The van der Waals surface area contributed by atoms with E-state index in [0.717, 1.165) is 0 Å². The predicted octanol–water partition coefficient (Wildman–Crippen LogP) is 2.70. The van der Waals surface area contributed by atoms with Gasteiger partial charge in [-0.3, -0.25) is 0 Å². The molecule has 0 saturated heterocycles. The molecule has 0 radical (unpaired) electrons. The Labute approximate surface area is 96.9 Å². The van der Waals surface area contributed by atoms with E-state index in [1.165, 1.54) is 18.2 Å². The SMILES string of the molecule is CC(NCCC(F)(F)F)c1c(O)cccc1O. The van der Waals surface area contributed by atoms with Crippen LogP contribution >= 0.6 is 0 Å². The Bertz CT molecular complexity index is 359. The van der Waals surface area contributed by atoms with Crippen molar-refractivity contribution >= 4 is 0 Å². The third kappa shape index (κ3) is 4.14. The maximum absolute atomic E-state index is 11.9. The number of halogens is 3. The summed E-state index contributed by atoms with van der Waals surface area (Å²) in [6, 6.07) is 3.64. The van der Waals surface area contributed by atoms with Gasteiger partial charge in [-0.25, -0.2) is 0 Å². The average Bonchev–Trinajstić information content (AvgIpc) is 2.15. The highest BCUT2D eigenvalue weighted by atomic mass is 19.4. The maximum Gasteiger partial charge on any atom is 0.390 e. The third-order valence-electron chi connectivity index (χ3n) is 2.35. The van der Waals surface area contributed by atoms with Crippen LogP contribution in [-0.4, -0.2) is 22.9 Å². The van der Waals surface area contributed by atoms with Crippen molar-refractivity contribution in [2.45, 2.75) is 25.6 Å². The van der Waals surface area contributed by atoms with E-state index in [2.05, 4.69) is 5.32 Å². The Kier molecular flexibility index (Phi) is 4.22. The molecule has 0 aliphatic carbocycles. The van der Waals surface area contributed by atoms with Gasteiger partial charge in [0.1, 0.15) is 11.5 Å². The molecule has 1 aromatic carbocycles. The summed E-state index contributed by atoms with van der Waals surface area (Å²) in [5.74, 6) is -0.283. The van der Waals surface area contributed by atoms with Crippen LogP contribution in [0, 0.1) is 0 Å². The van der Waals surface area contributed by atoms with E-state index in [1.54, 1.807) is 6.92 Å². The van der Waals surface area contributed by atoms with Crippen molar-refractivity contribution in [2.24, 2.45) is 0 Å². The Morgan fingerprint density at radius 2 is 1.76 bits per heavy atom. The second-order valence-corrected chi connectivity index (χ2v) is 3.75. The van der Waals surface area contributed by atoms with E-state index in [1.807, 2.05) is 0 Å². The fourth-order valence-corrected chi connectivity index (χ4v) is 1.52.